The van der Waals surface area contributed by atoms with Crippen LogP contribution in [0.2, 0.25) is 0 Å². The summed E-state index contributed by atoms with van der Waals surface area (Å²) in [6.07, 6.45) is 10.5. The SMILES string of the molecule is CCCCCC(C)(CCC1C(OC)C[C@@H]2OCCC12)COCCO. The molecule has 4 heteroatoms. The Balaban J connectivity index is 1.89. The summed E-state index contributed by atoms with van der Waals surface area (Å²) in [7, 11) is 1.85. The van der Waals surface area contributed by atoms with Crippen LogP contribution in [0, 0.1) is 17.3 Å². The lowest BCUT2D eigenvalue weighted by molar-refractivity contribution is 0.00912. The van der Waals surface area contributed by atoms with E-state index in [1.807, 2.05) is 7.11 Å². The summed E-state index contributed by atoms with van der Waals surface area (Å²) >= 11 is 0. The van der Waals surface area contributed by atoms with Crippen LogP contribution in [0.15, 0.2) is 0 Å². The van der Waals surface area contributed by atoms with E-state index in [1.54, 1.807) is 0 Å². The maximum atomic E-state index is 8.99. The van der Waals surface area contributed by atoms with Crippen LogP contribution in [-0.2, 0) is 14.2 Å². The summed E-state index contributed by atoms with van der Waals surface area (Å²) in [6.45, 7) is 6.86. The predicted molar refractivity (Wildman–Crippen MR) is 96.1 cm³/mol. The van der Waals surface area contributed by atoms with Crippen molar-refractivity contribution in [2.45, 2.75) is 77.4 Å². The normalized spacial score (nSPS) is 32.0. The number of rotatable bonds is 12. The van der Waals surface area contributed by atoms with Gasteiger partial charge in [-0.25, -0.2) is 0 Å². The Morgan fingerprint density at radius 2 is 2.08 bits per heavy atom. The number of fused-ring (bicyclic) bond motifs is 1. The van der Waals surface area contributed by atoms with Crippen LogP contribution < -0.4 is 0 Å². The molecule has 1 aliphatic heterocycles. The van der Waals surface area contributed by atoms with Gasteiger partial charge >= 0.3 is 0 Å². The van der Waals surface area contributed by atoms with Gasteiger partial charge in [-0.1, -0.05) is 33.1 Å². The Morgan fingerprint density at radius 1 is 1.25 bits per heavy atom. The first kappa shape index (κ1) is 20.2. The van der Waals surface area contributed by atoms with Crippen LogP contribution in [0.1, 0.15) is 65.2 Å². The first-order valence-electron chi connectivity index (χ1n) is 9.96. The fraction of sp³-hybridized carbons (Fsp3) is 1.00. The molecule has 0 amide bonds. The van der Waals surface area contributed by atoms with Gasteiger partial charge in [0.2, 0.25) is 0 Å². The van der Waals surface area contributed by atoms with E-state index in [2.05, 4.69) is 13.8 Å². The molecule has 0 radical (unpaired) electrons. The molecule has 0 aromatic carbocycles. The van der Waals surface area contributed by atoms with Gasteiger partial charge in [0.15, 0.2) is 0 Å². The lowest BCUT2D eigenvalue weighted by Crippen LogP contribution is -2.28. The number of unbranched alkanes of at least 4 members (excludes halogenated alkanes) is 2. The number of ether oxygens (including phenoxy) is 3. The lowest BCUT2D eigenvalue weighted by atomic mass is 9.77. The smallest absolute Gasteiger partial charge is 0.0697 e. The minimum absolute atomic E-state index is 0.112. The van der Waals surface area contributed by atoms with E-state index in [0.717, 1.165) is 19.6 Å². The van der Waals surface area contributed by atoms with Gasteiger partial charge in [0.25, 0.3) is 0 Å². The van der Waals surface area contributed by atoms with Crippen molar-refractivity contribution in [1.29, 1.82) is 0 Å². The van der Waals surface area contributed by atoms with Crippen molar-refractivity contribution in [2.75, 3.05) is 33.5 Å². The molecule has 0 spiro atoms. The number of aliphatic hydroxyl groups excluding tert-OH is 1. The highest BCUT2D eigenvalue weighted by Crippen LogP contribution is 2.46. The highest BCUT2D eigenvalue weighted by molar-refractivity contribution is 4.96. The molecule has 2 fully saturated rings. The Kier molecular flexibility index (Phi) is 8.48. The van der Waals surface area contributed by atoms with Gasteiger partial charge < -0.3 is 19.3 Å². The van der Waals surface area contributed by atoms with Gasteiger partial charge in [0.05, 0.1) is 32.0 Å². The molecule has 142 valence electrons. The topological polar surface area (TPSA) is 47.9 Å². The maximum absolute atomic E-state index is 8.99. The number of hydrogen-bond acceptors (Lipinski definition) is 4. The number of hydrogen-bond donors (Lipinski definition) is 1. The first-order valence-corrected chi connectivity index (χ1v) is 9.96. The van der Waals surface area contributed by atoms with Crippen molar-refractivity contribution >= 4 is 0 Å². The van der Waals surface area contributed by atoms with E-state index >= 15 is 0 Å². The van der Waals surface area contributed by atoms with Crippen molar-refractivity contribution in [3.8, 4) is 0 Å². The van der Waals surface area contributed by atoms with Crippen LogP contribution in [0.4, 0.5) is 0 Å². The fourth-order valence-corrected chi connectivity index (χ4v) is 4.72. The Bertz CT molecular complexity index is 337. The van der Waals surface area contributed by atoms with E-state index in [0.29, 0.717) is 30.7 Å². The van der Waals surface area contributed by atoms with Gasteiger partial charge in [0, 0.05) is 20.1 Å². The predicted octanol–water partition coefficient (Wildman–Crippen LogP) is 3.80. The number of methoxy groups -OCH3 is 1. The molecule has 5 atom stereocenters. The van der Waals surface area contributed by atoms with E-state index < -0.39 is 0 Å². The lowest BCUT2D eigenvalue weighted by Gasteiger charge is -2.32. The molecule has 2 rings (SSSR count). The highest BCUT2D eigenvalue weighted by Gasteiger charge is 2.46. The molecule has 1 N–H and O–H groups in total. The number of aliphatic hydroxyl groups is 1. The van der Waals surface area contributed by atoms with E-state index in [9.17, 15) is 0 Å². The van der Waals surface area contributed by atoms with Gasteiger partial charge in [-0.15, -0.1) is 0 Å². The average Bonchev–Trinajstić information content (AvgIpc) is 3.14. The molecule has 0 bridgehead atoms. The van der Waals surface area contributed by atoms with Gasteiger partial charge in [-0.2, -0.15) is 0 Å². The molecule has 4 nitrogen and oxygen atoms in total. The Hall–Kier alpha value is -0.160. The van der Waals surface area contributed by atoms with Gasteiger partial charge in [-0.3, -0.25) is 0 Å². The molecule has 1 saturated heterocycles. The van der Waals surface area contributed by atoms with Crippen LogP contribution in [0.3, 0.4) is 0 Å². The first-order chi connectivity index (χ1) is 11.6. The molecule has 1 aliphatic carbocycles. The molecule has 2 aliphatic rings. The summed E-state index contributed by atoms with van der Waals surface area (Å²) < 4.78 is 17.4. The maximum Gasteiger partial charge on any atom is 0.0697 e. The van der Waals surface area contributed by atoms with Crippen molar-refractivity contribution in [1.82, 2.24) is 0 Å². The second-order valence-electron chi connectivity index (χ2n) is 8.12. The molecule has 1 heterocycles. The third-order valence-electron chi connectivity index (χ3n) is 6.21. The quantitative estimate of drug-likeness (QED) is 0.548. The second kappa shape index (κ2) is 10.1. The van der Waals surface area contributed by atoms with Crippen LogP contribution in [0.5, 0.6) is 0 Å². The summed E-state index contributed by atoms with van der Waals surface area (Å²) in [5, 5.41) is 8.99. The minimum Gasteiger partial charge on any atom is -0.394 e. The average molecular weight is 343 g/mol. The fourth-order valence-electron chi connectivity index (χ4n) is 4.72. The molecule has 0 aromatic rings. The largest absolute Gasteiger partial charge is 0.394 e. The zero-order valence-corrected chi connectivity index (χ0v) is 16.0. The molecular formula is C20H38O4. The van der Waals surface area contributed by atoms with Gasteiger partial charge in [-0.05, 0) is 42.9 Å². The Morgan fingerprint density at radius 3 is 2.79 bits per heavy atom. The summed E-state index contributed by atoms with van der Waals surface area (Å²) in [5.74, 6) is 1.32. The summed E-state index contributed by atoms with van der Waals surface area (Å²) in [4.78, 5) is 0. The minimum atomic E-state index is 0.112. The standard InChI is InChI=1S/C20H38O4/c1-4-5-6-9-20(2,15-23-13-11-21)10-7-16-17-8-12-24-19(17)14-18(16)22-3/h16-19,21H,4-15H2,1-3H3/t16?,17?,18?,19-,20?/m0/s1. The van der Waals surface area contributed by atoms with E-state index in [4.69, 9.17) is 19.3 Å². The zero-order chi connectivity index (χ0) is 17.4. The zero-order valence-electron chi connectivity index (χ0n) is 16.0. The third-order valence-corrected chi connectivity index (χ3v) is 6.21. The van der Waals surface area contributed by atoms with Crippen molar-refractivity contribution in [2.24, 2.45) is 17.3 Å². The molecule has 1 saturated carbocycles. The second-order valence-corrected chi connectivity index (χ2v) is 8.12. The van der Waals surface area contributed by atoms with Gasteiger partial charge in [0.1, 0.15) is 0 Å². The van der Waals surface area contributed by atoms with Crippen LogP contribution >= 0.6 is 0 Å². The highest BCUT2D eigenvalue weighted by atomic mass is 16.5. The molecular weight excluding hydrogens is 304 g/mol. The van der Waals surface area contributed by atoms with E-state index in [1.165, 1.54) is 44.9 Å². The Labute approximate surface area is 148 Å². The van der Waals surface area contributed by atoms with E-state index in [-0.39, 0.29) is 12.0 Å². The molecule has 24 heavy (non-hydrogen) atoms. The molecule has 0 aromatic heterocycles. The van der Waals surface area contributed by atoms with Crippen molar-refractivity contribution in [3.63, 3.8) is 0 Å². The van der Waals surface area contributed by atoms with Crippen molar-refractivity contribution in [3.05, 3.63) is 0 Å². The summed E-state index contributed by atoms with van der Waals surface area (Å²) in [6, 6.07) is 0. The van der Waals surface area contributed by atoms with Crippen LogP contribution in [-0.4, -0.2) is 50.9 Å². The van der Waals surface area contributed by atoms with Crippen LogP contribution in [0.25, 0.3) is 0 Å². The third kappa shape index (κ3) is 5.42. The molecule has 4 unspecified atom stereocenters. The summed E-state index contributed by atoms with van der Waals surface area (Å²) in [5.41, 5.74) is 0.209. The van der Waals surface area contributed by atoms with Crippen molar-refractivity contribution < 1.29 is 19.3 Å². The monoisotopic (exact) mass is 342 g/mol.